The number of rotatable bonds is 3. The molecule has 2 aliphatic heterocycles. The van der Waals surface area contributed by atoms with E-state index in [1.165, 1.54) is 23.3 Å². The number of nitrogens with zero attached hydrogens (tertiary/aromatic N) is 2. The summed E-state index contributed by atoms with van der Waals surface area (Å²) in [7, 11) is 0. The Morgan fingerprint density at radius 3 is 2.37 bits per heavy atom. The Bertz CT molecular complexity index is 1080. The Morgan fingerprint density at radius 2 is 1.67 bits per heavy atom. The predicted octanol–water partition coefficient (Wildman–Crippen LogP) is 5.39. The first-order chi connectivity index (χ1) is 14.2. The number of likely N-dealkylation sites (tertiary alicyclic amines) is 1. The van der Waals surface area contributed by atoms with Crippen LogP contribution in [0.2, 0.25) is 0 Å². The average Bonchev–Trinajstić information content (AvgIpc) is 3.17. The SMILES string of the molecule is Cl.N#Cc1ccc2c(c1)[C@H]1CN(Cc3ccc(-c4ccc(F)cc4)cc3)C[C@@H]1CO2. The first-order valence-electron chi connectivity index (χ1n) is 9.94. The van der Waals surface area contributed by atoms with Crippen molar-refractivity contribution in [3.05, 3.63) is 89.2 Å². The second kappa shape index (κ2) is 8.47. The molecule has 2 aliphatic rings. The van der Waals surface area contributed by atoms with E-state index in [2.05, 4.69) is 35.2 Å². The lowest BCUT2D eigenvalue weighted by Crippen LogP contribution is -2.25. The summed E-state index contributed by atoms with van der Waals surface area (Å²) in [5.74, 6) is 1.60. The minimum atomic E-state index is -0.215. The largest absolute Gasteiger partial charge is 0.493 e. The fourth-order valence-electron chi connectivity index (χ4n) is 4.55. The molecule has 0 saturated carbocycles. The Hall–Kier alpha value is -2.87. The van der Waals surface area contributed by atoms with Gasteiger partial charge in [0.1, 0.15) is 11.6 Å². The Morgan fingerprint density at radius 1 is 0.967 bits per heavy atom. The monoisotopic (exact) mass is 420 g/mol. The molecular formula is C25H22ClFN2O. The predicted molar refractivity (Wildman–Crippen MR) is 117 cm³/mol. The molecule has 5 heteroatoms. The highest BCUT2D eigenvalue weighted by molar-refractivity contribution is 5.85. The van der Waals surface area contributed by atoms with Crippen molar-refractivity contribution in [3.63, 3.8) is 0 Å². The van der Waals surface area contributed by atoms with Crippen molar-refractivity contribution in [1.82, 2.24) is 4.90 Å². The molecule has 3 aromatic rings. The fourth-order valence-corrected chi connectivity index (χ4v) is 4.55. The summed E-state index contributed by atoms with van der Waals surface area (Å²) in [6.07, 6.45) is 0. The maximum absolute atomic E-state index is 13.1. The van der Waals surface area contributed by atoms with E-state index in [-0.39, 0.29) is 18.2 Å². The summed E-state index contributed by atoms with van der Waals surface area (Å²) < 4.78 is 19.1. The lowest BCUT2D eigenvalue weighted by molar-refractivity contribution is 0.212. The van der Waals surface area contributed by atoms with E-state index < -0.39 is 0 Å². The van der Waals surface area contributed by atoms with Crippen LogP contribution in [0.4, 0.5) is 4.39 Å². The van der Waals surface area contributed by atoms with Crippen LogP contribution in [0, 0.1) is 23.1 Å². The van der Waals surface area contributed by atoms with Crippen LogP contribution in [0.25, 0.3) is 11.1 Å². The third kappa shape index (κ3) is 3.92. The van der Waals surface area contributed by atoms with Gasteiger partial charge in [0.05, 0.1) is 18.2 Å². The zero-order valence-corrected chi connectivity index (χ0v) is 17.2. The third-order valence-electron chi connectivity index (χ3n) is 6.05. The highest BCUT2D eigenvalue weighted by Crippen LogP contribution is 2.42. The molecule has 3 aromatic carbocycles. The molecule has 30 heavy (non-hydrogen) atoms. The molecule has 0 radical (unpaired) electrons. The van der Waals surface area contributed by atoms with Gasteiger partial charge in [0.15, 0.2) is 0 Å². The highest BCUT2D eigenvalue weighted by atomic mass is 35.5. The summed E-state index contributed by atoms with van der Waals surface area (Å²) in [5.41, 5.74) is 5.25. The van der Waals surface area contributed by atoms with E-state index >= 15 is 0 Å². The second-order valence-electron chi connectivity index (χ2n) is 7.94. The van der Waals surface area contributed by atoms with Gasteiger partial charge in [-0.05, 0) is 47.0 Å². The van der Waals surface area contributed by atoms with Crippen LogP contribution in [0.5, 0.6) is 5.75 Å². The van der Waals surface area contributed by atoms with Gasteiger partial charge < -0.3 is 4.74 Å². The molecule has 0 aliphatic carbocycles. The number of nitriles is 1. The van der Waals surface area contributed by atoms with Crippen molar-refractivity contribution < 1.29 is 9.13 Å². The maximum Gasteiger partial charge on any atom is 0.123 e. The summed E-state index contributed by atoms with van der Waals surface area (Å²) >= 11 is 0. The van der Waals surface area contributed by atoms with E-state index in [4.69, 9.17) is 4.74 Å². The van der Waals surface area contributed by atoms with E-state index in [0.717, 1.165) is 43.1 Å². The summed E-state index contributed by atoms with van der Waals surface area (Å²) in [5, 5.41) is 9.22. The van der Waals surface area contributed by atoms with Gasteiger partial charge in [-0.15, -0.1) is 12.4 Å². The second-order valence-corrected chi connectivity index (χ2v) is 7.94. The van der Waals surface area contributed by atoms with Gasteiger partial charge in [0, 0.05) is 37.0 Å². The minimum absolute atomic E-state index is 0. The van der Waals surface area contributed by atoms with Crippen LogP contribution in [0.15, 0.2) is 66.7 Å². The summed E-state index contributed by atoms with van der Waals surface area (Å²) in [6, 6.07) is 23.1. The zero-order valence-electron chi connectivity index (χ0n) is 16.4. The fraction of sp³-hybridized carbons (Fsp3) is 0.240. The first kappa shape index (κ1) is 20.4. The number of ether oxygens (including phenoxy) is 1. The Balaban J connectivity index is 0.00000218. The first-order valence-corrected chi connectivity index (χ1v) is 9.94. The van der Waals surface area contributed by atoms with Crippen molar-refractivity contribution in [2.45, 2.75) is 12.5 Å². The number of hydrogen-bond donors (Lipinski definition) is 0. The average molecular weight is 421 g/mol. The summed E-state index contributed by atoms with van der Waals surface area (Å²) in [6.45, 7) is 3.61. The lowest BCUT2D eigenvalue weighted by atomic mass is 9.86. The number of hydrogen-bond acceptors (Lipinski definition) is 3. The Kier molecular flexibility index (Phi) is 5.76. The van der Waals surface area contributed by atoms with Crippen molar-refractivity contribution in [2.75, 3.05) is 19.7 Å². The molecule has 0 unspecified atom stereocenters. The third-order valence-corrected chi connectivity index (χ3v) is 6.05. The molecule has 1 fully saturated rings. The van der Waals surface area contributed by atoms with E-state index in [1.807, 2.05) is 30.3 Å². The lowest BCUT2D eigenvalue weighted by Gasteiger charge is -2.27. The van der Waals surface area contributed by atoms with Gasteiger partial charge in [-0.1, -0.05) is 36.4 Å². The highest BCUT2D eigenvalue weighted by Gasteiger charge is 2.38. The molecule has 1 saturated heterocycles. The van der Waals surface area contributed by atoms with Crippen molar-refractivity contribution in [2.24, 2.45) is 5.92 Å². The minimum Gasteiger partial charge on any atom is -0.493 e. The normalized spacial score (nSPS) is 19.7. The standard InChI is InChI=1S/C25H21FN2O.ClH/c26-22-8-6-20(7-9-22)19-4-1-17(2-5-19)13-28-14-21-16-29-25-10-3-18(12-27)11-23(25)24(21)15-28;/h1-11,21,24H,13-16H2;1H/t21-,24+;/m1./s1. The zero-order chi connectivity index (χ0) is 19.8. The smallest absolute Gasteiger partial charge is 0.123 e. The van der Waals surface area contributed by atoms with Gasteiger partial charge in [0.2, 0.25) is 0 Å². The molecule has 2 heterocycles. The quantitative estimate of drug-likeness (QED) is 0.569. The molecule has 0 bridgehead atoms. The van der Waals surface area contributed by atoms with Gasteiger partial charge in [-0.2, -0.15) is 5.26 Å². The van der Waals surface area contributed by atoms with Crippen LogP contribution in [-0.4, -0.2) is 24.6 Å². The van der Waals surface area contributed by atoms with E-state index in [1.54, 1.807) is 0 Å². The molecule has 2 atom stereocenters. The molecule has 0 aromatic heterocycles. The van der Waals surface area contributed by atoms with E-state index in [9.17, 15) is 9.65 Å². The molecule has 0 amide bonds. The molecule has 0 spiro atoms. The molecule has 3 nitrogen and oxygen atoms in total. The number of benzene rings is 3. The molecular weight excluding hydrogens is 399 g/mol. The van der Waals surface area contributed by atoms with Crippen LogP contribution in [0.3, 0.4) is 0 Å². The Labute approximate surface area is 182 Å². The molecule has 0 N–H and O–H groups in total. The maximum atomic E-state index is 13.1. The van der Waals surface area contributed by atoms with Crippen LogP contribution in [-0.2, 0) is 6.54 Å². The molecule has 152 valence electrons. The number of fused-ring (bicyclic) bond motifs is 3. The topological polar surface area (TPSA) is 36.3 Å². The molecule has 5 rings (SSSR count). The van der Waals surface area contributed by atoms with Crippen molar-refractivity contribution in [1.29, 1.82) is 5.26 Å². The van der Waals surface area contributed by atoms with Gasteiger partial charge >= 0.3 is 0 Å². The van der Waals surface area contributed by atoms with E-state index in [0.29, 0.717) is 17.4 Å². The van der Waals surface area contributed by atoms with Crippen molar-refractivity contribution >= 4 is 12.4 Å². The van der Waals surface area contributed by atoms with Gasteiger partial charge in [-0.3, -0.25) is 4.90 Å². The van der Waals surface area contributed by atoms with Gasteiger partial charge in [0.25, 0.3) is 0 Å². The van der Waals surface area contributed by atoms with Crippen molar-refractivity contribution in [3.8, 4) is 22.9 Å². The van der Waals surface area contributed by atoms with Crippen LogP contribution < -0.4 is 4.74 Å². The summed E-state index contributed by atoms with van der Waals surface area (Å²) in [4.78, 5) is 2.47. The van der Waals surface area contributed by atoms with Crippen LogP contribution >= 0.6 is 12.4 Å². The van der Waals surface area contributed by atoms with Crippen LogP contribution in [0.1, 0.15) is 22.6 Å². The van der Waals surface area contributed by atoms with Gasteiger partial charge in [-0.25, -0.2) is 4.39 Å². The number of halogens is 2.